The summed E-state index contributed by atoms with van der Waals surface area (Å²) in [6.07, 6.45) is 8.24. The van der Waals surface area contributed by atoms with E-state index >= 15 is 0 Å². The number of ether oxygens (including phenoxy) is 1. The Morgan fingerprint density at radius 1 is 0.951 bits per heavy atom. The van der Waals surface area contributed by atoms with Gasteiger partial charge in [0, 0.05) is 60.6 Å². The number of aromatic nitrogens is 4. The number of rotatable bonds is 8. The van der Waals surface area contributed by atoms with Crippen molar-refractivity contribution in [1.29, 1.82) is 0 Å². The summed E-state index contributed by atoms with van der Waals surface area (Å²) >= 11 is 0. The minimum Gasteiger partial charge on any atom is -0.382 e. The van der Waals surface area contributed by atoms with Crippen molar-refractivity contribution < 1.29 is 4.74 Å². The maximum absolute atomic E-state index is 6.45. The summed E-state index contributed by atoms with van der Waals surface area (Å²) in [6.45, 7) is 6.16. The molecule has 3 aromatic heterocycles. The number of benzene rings is 2. The van der Waals surface area contributed by atoms with Gasteiger partial charge in [-0.2, -0.15) is 0 Å². The van der Waals surface area contributed by atoms with Gasteiger partial charge in [0.1, 0.15) is 22.9 Å². The summed E-state index contributed by atoms with van der Waals surface area (Å²) in [5, 5.41) is 4.87. The van der Waals surface area contributed by atoms with Crippen LogP contribution in [0.1, 0.15) is 37.4 Å². The molecule has 0 bridgehead atoms. The van der Waals surface area contributed by atoms with Crippen molar-refractivity contribution in [3.63, 3.8) is 0 Å². The summed E-state index contributed by atoms with van der Waals surface area (Å²) in [5.74, 6) is 1.96. The van der Waals surface area contributed by atoms with Crippen molar-refractivity contribution in [3.8, 4) is 22.5 Å². The number of imidazole rings is 1. The van der Waals surface area contributed by atoms with Gasteiger partial charge in [-0.1, -0.05) is 48.5 Å². The molecule has 2 aromatic carbocycles. The summed E-state index contributed by atoms with van der Waals surface area (Å²) in [4.78, 5) is 17.1. The Kier molecular flexibility index (Phi) is 7.35. The van der Waals surface area contributed by atoms with E-state index in [0.717, 1.165) is 103 Å². The van der Waals surface area contributed by atoms with E-state index < -0.39 is 0 Å². The highest BCUT2D eigenvalue weighted by molar-refractivity contribution is 5.91. The Morgan fingerprint density at radius 3 is 2.73 bits per heavy atom. The number of hydrogen-bond acceptors (Lipinski definition) is 7. The van der Waals surface area contributed by atoms with Gasteiger partial charge in [0.05, 0.1) is 17.8 Å². The van der Waals surface area contributed by atoms with Crippen LogP contribution in [0.2, 0.25) is 0 Å². The molecule has 8 heteroatoms. The summed E-state index contributed by atoms with van der Waals surface area (Å²) in [6, 6.07) is 21.4. The first-order chi connectivity index (χ1) is 20.2. The molecule has 8 nitrogen and oxygen atoms in total. The van der Waals surface area contributed by atoms with E-state index in [2.05, 4.69) is 62.1 Å². The number of pyridine rings is 1. The molecule has 7 rings (SSSR count). The zero-order chi connectivity index (χ0) is 27.6. The first-order valence-corrected chi connectivity index (χ1v) is 14.9. The average Bonchev–Trinajstić information content (AvgIpc) is 3.17. The van der Waals surface area contributed by atoms with Crippen LogP contribution < -0.4 is 11.1 Å². The van der Waals surface area contributed by atoms with Gasteiger partial charge >= 0.3 is 0 Å². The Hall–Kier alpha value is -3.85. The van der Waals surface area contributed by atoms with Gasteiger partial charge in [-0.25, -0.2) is 15.0 Å². The van der Waals surface area contributed by atoms with Gasteiger partial charge in [0.15, 0.2) is 0 Å². The highest BCUT2D eigenvalue weighted by Gasteiger charge is 2.34. The number of fused-ring (bicyclic) bond motifs is 2. The third-order valence-corrected chi connectivity index (χ3v) is 8.55. The zero-order valence-corrected chi connectivity index (χ0v) is 23.4. The molecular formula is C33H37N7O. The van der Waals surface area contributed by atoms with E-state index in [4.69, 9.17) is 20.4 Å². The third-order valence-electron chi connectivity index (χ3n) is 8.55. The normalized spacial score (nSPS) is 19.8. The molecule has 0 radical (unpaired) electrons. The predicted octanol–water partition coefficient (Wildman–Crippen LogP) is 5.14. The largest absolute Gasteiger partial charge is 0.382 e. The number of nitrogens with one attached hydrogen (secondary N) is 1. The van der Waals surface area contributed by atoms with Crippen LogP contribution in [0.15, 0.2) is 73.1 Å². The maximum atomic E-state index is 6.45. The van der Waals surface area contributed by atoms with E-state index in [1.807, 2.05) is 24.4 Å². The lowest BCUT2D eigenvalue weighted by atomic mass is 9.79. The number of anilines is 1. The fraction of sp³-hybridized carbons (Fsp3) is 0.364. The summed E-state index contributed by atoms with van der Waals surface area (Å²) in [7, 11) is 0. The van der Waals surface area contributed by atoms with E-state index in [9.17, 15) is 0 Å². The van der Waals surface area contributed by atoms with Gasteiger partial charge in [-0.15, -0.1) is 0 Å². The number of nitrogens with two attached hydrogens (primary N) is 1. The molecule has 2 aliphatic rings. The molecule has 1 aliphatic carbocycles. The fourth-order valence-electron chi connectivity index (χ4n) is 6.24. The smallest absolute Gasteiger partial charge is 0.150 e. The minimum absolute atomic E-state index is 0.390. The van der Waals surface area contributed by atoms with Gasteiger partial charge in [0.2, 0.25) is 0 Å². The first-order valence-electron chi connectivity index (χ1n) is 14.9. The quantitative estimate of drug-likeness (QED) is 0.260. The van der Waals surface area contributed by atoms with Crippen LogP contribution in [0.25, 0.3) is 38.9 Å². The van der Waals surface area contributed by atoms with Crippen molar-refractivity contribution in [2.45, 2.75) is 37.6 Å². The topological polar surface area (TPSA) is 93.6 Å². The first kappa shape index (κ1) is 26.1. The SMILES string of the molecule is Nc1nccn2c(C3CC(NCCCN4CCCOCC4)C3)nc(-c3ccc4ccc(-c5ccccc5)nc4c3)c12. The fourth-order valence-corrected chi connectivity index (χ4v) is 6.24. The molecule has 0 unspecified atom stereocenters. The second-order valence-electron chi connectivity index (χ2n) is 11.3. The Morgan fingerprint density at radius 2 is 1.83 bits per heavy atom. The molecule has 5 aromatic rings. The minimum atomic E-state index is 0.390. The van der Waals surface area contributed by atoms with Gasteiger partial charge < -0.3 is 20.7 Å². The summed E-state index contributed by atoms with van der Waals surface area (Å²) in [5.41, 5.74) is 12.2. The highest BCUT2D eigenvalue weighted by Crippen LogP contribution is 2.40. The highest BCUT2D eigenvalue weighted by atomic mass is 16.5. The molecule has 1 aliphatic heterocycles. The van der Waals surface area contributed by atoms with Crippen LogP contribution >= 0.6 is 0 Å². The van der Waals surface area contributed by atoms with Crippen LogP contribution in [0.3, 0.4) is 0 Å². The van der Waals surface area contributed by atoms with Gasteiger partial charge in [0.25, 0.3) is 0 Å². The second-order valence-corrected chi connectivity index (χ2v) is 11.3. The number of hydrogen-bond donors (Lipinski definition) is 2. The van der Waals surface area contributed by atoms with Gasteiger partial charge in [-0.3, -0.25) is 4.40 Å². The van der Waals surface area contributed by atoms with Crippen molar-refractivity contribution in [2.75, 3.05) is 45.1 Å². The standard InChI is InChI=1S/C33H37N7O/c34-32-31-30(25-9-8-24-10-11-28(37-29(24)22-25)23-6-2-1-3-7-23)38-33(40(31)16-13-36-32)26-20-27(21-26)35-12-4-14-39-15-5-18-41-19-17-39/h1-3,6-11,13,16,22,26-27,35H,4-5,12,14-15,17-21H2,(H2,34,36). The third kappa shape index (κ3) is 5.43. The Balaban J connectivity index is 1.08. The lowest BCUT2D eigenvalue weighted by molar-refractivity contribution is 0.141. The lowest BCUT2D eigenvalue weighted by Gasteiger charge is -2.35. The lowest BCUT2D eigenvalue weighted by Crippen LogP contribution is -2.42. The molecule has 4 heterocycles. The van der Waals surface area contributed by atoms with Crippen LogP contribution in [-0.4, -0.2) is 69.7 Å². The molecule has 2 fully saturated rings. The molecule has 1 saturated carbocycles. The van der Waals surface area contributed by atoms with Crippen LogP contribution in [0.5, 0.6) is 0 Å². The number of nitrogens with zero attached hydrogens (tertiary/aromatic N) is 5. The zero-order valence-electron chi connectivity index (χ0n) is 23.4. The van der Waals surface area contributed by atoms with E-state index in [1.165, 1.54) is 6.42 Å². The van der Waals surface area contributed by atoms with Crippen molar-refractivity contribution in [2.24, 2.45) is 0 Å². The van der Waals surface area contributed by atoms with Crippen LogP contribution in [0.4, 0.5) is 5.82 Å². The molecule has 41 heavy (non-hydrogen) atoms. The van der Waals surface area contributed by atoms with E-state index in [0.29, 0.717) is 17.8 Å². The second kappa shape index (κ2) is 11.6. The summed E-state index contributed by atoms with van der Waals surface area (Å²) < 4.78 is 7.73. The predicted molar refractivity (Wildman–Crippen MR) is 164 cm³/mol. The van der Waals surface area contributed by atoms with E-state index in [-0.39, 0.29) is 0 Å². The van der Waals surface area contributed by atoms with Crippen molar-refractivity contribution in [1.82, 2.24) is 29.6 Å². The molecule has 0 amide bonds. The Bertz CT molecular complexity index is 1640. The maximum Gasteiger partial charge on any atom is 0.150 e. The molecule has 3 N–H and O–H groups in total. The van der Waals surface area contributed by atoms with Crippen molar-refractivity contribution >= 4 is 22.2 Å². The molecule has 0 atom stereocenters. The molecule has 210 valence electrons. The molecular weight excluding hydrogens is 510 g/mol. The van der Waals surface area contributed by atoms with Crippen LogP contribution in [-0.2, 0) is 4.74 Å². The van der Waals surface area contributed by atoms with Crippen LogP contribution in [0, 0.1) is 0 Å². The Labute approximate surface area is 240 Å². The average molecular weight is 548 g/mol. The van der Waals surface area contributed by atoms with Gasteiger partial charge in [-0.05, 0) is 50.9 Å². The number of nitrogen functional groups attached to an aromatic ring is 1. The van der Waals surface area contributed by atoms with E-state index in [1.54, 1.807) is 6.20 Å². The molecule has 0 spiro atoms. The van der Waals surface area contributed by atoms with Crippen molar-refractivity contribution in [3.05, 3.63) is 78.9 Å². The monoisotopic (exact) mass is 547 g/mol. The molecule has 1 saturated heterocycles.